The second-order valence-corrected chi connectivity index (χ2v) is 6.02. The maximum Gasteiger partial charge on any atom is 0.253 e. The van der Waals surface area contributed by atoms with Crippen LogP contribution in [0.15, 0.2) is 24.3 Å². The zero-order chi connectivity index (χ0) is 18.2. The molecule has 0 bridgehead atoms. The summed E-state index contributed by atoms with van der Waals surface area (Å²) in [5.74, 6) is -0.167. The predicted molar refractivity (Wildman–Crippen MR) is 96.4 cm³/mol. The number of nitrogens with zero attached hydrogens (tertiary/aromatic N) is 2. The largest absolute Gasteiger partial charge is 0.340 e. The van der Waals surface area contributed by atoms with E-state index in [2.05, 4.69) is 10.6 Å². The first-order chi connectivity index (χ1) is 12.0. The number of carbonyl (C=O) groups excluding carboxylic acids is 3. The third kappa shape index (κ3) is 5.56. The molecule has 1 aromatic carbocycles. The summed E-state index contributed by atoms with van der Waals surface area (Å²) in [4.78, 5) is 39.4. The maximum atomic E-state index is 12.6. The molecule has 0 aliphatic carbocycles. The molecule has 0 atom stereocenters. The van der Waals surface area contributed by atoms with Gasteiger partial charge in [0.1, 0.15) is 0 Å². The Bertz CT molecular complexity index is 609. The summed E-state index contributed by atoms with van der Waals surface area (Å²) in [6, 6.07) is 6.78. The minimum absolute atomic E-state index is 0.0914. The number of anilines is 1. The van der Waals surface area contributed by atoms with Gasteiger partial charge in [-0.3, -0.25) is 14.4 Å². The number of amides is 3. The van der Waals surface area contributed by atoms with E-state index >= 15 is 0 Å². The van der Waals surface area contributed by atoms with Crippen molar-refractivity contribution in [2.75, 3.05) is 44.6 Å². The molecule has 2 N–H and O–H groups in total. The van der Waals surface area contributed by atoms with Gasteiger partial charge in [0, 0.05) is 63.9 Å². The van der Waals surface area contributed by atoms with Crippen molar-refractivity contribution < 1.29 is 14.4 Å². The molecule has 3 amide bonds. The van der Waals surface area contributed by atoms with Crippen LogP contribution in [0.3, 0.4) is 0 Å². The number of hydrogen-bond donors (Lipinski definition) is 2. The minimum atomic E-state index is -0.152. The van der Waals surface area contributed by atoms with Gasteiger partial charge < -0.3 is 20.4 Å². The third-order valence-electron chi connectivity index (χ3n) is 4.19. The van der Waals surface area contributed by atoms with Crippen LogP contribution in [-0.2, 0) is 9.59 Å². The smallest absolute Gasteiger partial charge is 0.253 e. The summed E-state index contributed by atoms with van der Waals surface area (Å²) >= 11 is 0. The highest BCUT2D eigenvalue weighted by atomic mass is 16.2. The van der Waals surface area contributed by atoms with Gasteiger partial charge in [0.2, 0.25) is 11.8 Å². The standard InChI is InChI=1S/C18H26N4O3/c1-3-21(11-8-17(24)22-12-9-19-10-13-22)18(25)15-4-6-16(7-5-15)20-14(2)23/h4-7,19H,3,8-13H2,1-2H3,(H,20,23). The van der Waals surface area contributed by atoms with Crippen molar-refractivity contribution in [2.45, 2.75) is 20.3 Å². The van der Waals surface area contributed by atoms with Crippen LogP contribution in [0, 0.1) is 0 Å². The molecule has 25 heavy (non-hydrogen) atoms. The average Bonchev–Trinajstić information content (AvgIpc) is 2.62. The molecule has 1 aliphatic heterocycles. The zero-order valence-electron chi connectivity index (χ0n) is 14.9. The summed E-state index contributed by atoms with van der Waals surface area (Å²) in [6.07, 6.45) is 0.337. The molecule has 7 nitrogen and oxygen atoms in total. The number of hydrogen-bond acceptors (Lipinski definition) is 4. The van der Waals surface area contributed by atoms with Gasteiger partial charge >= 0.3 is 0 Å². The third-order valence-corrected chi connectivity index (χ3v) is 4.19. The lowest BCUT2D eigenvalue weighted by molar-refractivity contribution is -0.132. The molecular weight excluding hydrogens is 320 g/mol. The van der Waals surface area contributed by atoms with Crippen molar-refractivity contribution in [1.29, 1.82) is 0 Å². The van der Waals surface area contributed by atoms with Crippen LogP contribution >= 0.6 is 0 Å². The molecule has 7 heteroatoms. The Morgan fingerprint density at radius 2 is 1.80 bits per heavy atom. The van der Waals surface area contributed by atoms with E-state index in [1.807, 2.05) is 11.8 Å². The fourth-order valence-corrected chi connectivity index (χ4v) is 2.79. The maximum absolute atomic E-state index is 12.6. The van der Waals surface area contributed by atoms with Gasteiger partial charge in [0.15, 0.2) is 0 Å². The zero-order valence-corrected chi connectivity index (χ0v) is 14.9. The molecule has 0 saturated carbocycles. The van der Waals surface area contributed by atoms with Crippen molar-refractivity contribution in [3.05, 3.63) is 29.8 Å². The quantitative estimate of drug-likeness (QED) is 0.803. The lowest BCUT2D eigenvalue weighted by Crippen LogP contribution is -2.47. The van der Waals surface area contributed by atoms with E-state index in [-0.39, 0.29) is 17.7 Å². The van der Waals surface area contributed by atoms with Crippen molar-refractivity contribution in [2.24, 2.45) is 0 Å². The molecule has 0 unspecified atom stereocenters. The van der Waals surface area contributed by atoms with Crippen molar-refractivity contribution in [3.63, 3.8) is 0 Å². The van der Waals surface area contributed by atoms with Gasteiger partial charge in [0.25, 0.3) is 5.91 Å². The number of benzene rings is 1. The molecule has 0 aromatic heterocycles. The molecule has 1 aromatic rings. The molecule has 1 saturated heterocycles. The van der Waals surface area contributed by atoms with Crippen molar-refractivity contribution >= 4 is 23.4 Å². The van der Waals surface area contributed by atoms with Gasteiger partial charge in [-0.25, -0.2) is 0 Å². The van der Waals surface area contributed by atoms with Gasteiger partial charge in [-0.1, -0.05) is 0 Å². The highest BCUT2D eigenvalue weighted by Gasteiger charge is 2.19. The summed E-state index contributed by atoms with van der Waals surface area (Å²) in [5, 5.41) is 5.89. The highest BCUT2D eigenvalue weighted by molar-refractivity contribution is 5.95. The summed E-state index contributed by atoms with van der Waals surface area (Å²) in [7, 11) is 0. The fourth-order valence-electron chi connectivity index (χ4n) is 2.79. The lowest BCUT2D eigenvalue weighted by Gasteiger charge is -2.28. The first-order valence-corrected chi connectivity index (χ1v) is 8.66. The number of piperazine rings is 1. The van der Waals surface area contributed by atoms with Crippen LogP contribution in [0.5, 0.6) is 0 Å². The predicted octanol–water partition coefficient (Wildman–Crippen LogP) is 0.929. The van der Waals surface area contributed by atoms with E-state index in [0.29, 0.717) is 30.8 Å². The van der Waals surface area contributed by atoms with Gasteiger partial charge in [-0.05, 0) is 31.2 Å². The molecule has 1 heterocycles. The monoisotopic (exact) mass is 346 g/mol. The number of nitrogens with one attached hydrogen (secondary N) is 2. The van der Waals surface area contributed by atoms with Crippen LogP contribution in [0.25, 0.3) is 0 Å². The van der Waals surface area contributed by atoms with Crippen LogP contribution in [-0.4, -0.2) is 66.8 Å². The Labute approximate surface area is 148 Å². The van der Waals surface area contributed by atoms with Crippen LogP contribution in [0.2, 0.25) is 0 Å². The number of carbonyl (C=O) groups is 3. The Morgan fingerprint density at radius 3 is 2.36 bits per heavy atom. The van der Waals surface area contributed by atoms with Crippen LogP contribution < -0.4 is 10.6 Å². The Balaban J connectivity index is 1.91. The normalized spacial score (nSPS) is 14.1. The Hall–Kier alpha value is -2.41. The second-order valence-electron chi connectivity index (χ2n) is 6.02. The van der Waals surface area contributed by atoms with E-state index in [4.69, 9.17) is 0 Å². The summed E-state index contributed by atoms with van der Waals surface area (Å²) < 4.78 is 0. The minimum Gasteiger partial charge on any atom is -0.340 e. The average molecular weight is 346 g/mol. The molecule has 1 aliphatic rings. The Kier molecular flexibility index (Phi) is 6.94. The molecule has 0 radical (unpaired) electrons. The van der Waals surface area contributed by atoms with Gasteiger partial charge in [-0.15, -0.1) is 0 Å². The van der Waals surface area contributed by atoms with E-state index in [1.165, 1.54) is 6.92 Å². The highest BCUT2D eigenvalue weighted by Crippen LogP contribution is 2.12. The van der Waals surface area contributed by atoms with Gasteiger partial charge in [-0.2, -0.15) is 0 Å². The van der Waals surface area contributed by atoms with E-state index in [1.54, 1.807) is 29.2 Å². The van der Waals surface area contributed by atoms with Gasteiger partial charge in [0.05, 0.1) is 0 Å². The molecule has 0 spiro atoms. The van der Waals surface area contributed by atoms with E-state index < -0.39 is 0 Å². The Morgan fingerprint density at radius 1 is 1.16 bits per heavy atom. The molecular formula is C18H26N4O3. The first-order valence-electron chi connectivity index (χ1n) is 8.66. The number of rotatable bonds is 6. The first kappa shape index (κ1) is 18.9. The molecule has 2 rings (SSSR count). The molecule has 1 fully saturated rings. The molecule has 136 valence electrons. The van der Waals surface area contributed by atoms with E-state index in [0.717, 1.165) is 26.2 Å². The fraction of sp³-hybridized carbons (Fsp3) is 0.500. The summed E-state index contributed by atoms with van der Waals surface area (Å²) in [6.45, 7) is 7.39. The van der Waals surface area contributed by atoms with Crippen molar-refractivity contribution in [3.8, 4) is 0 Å². The summed E-state index contributed by atoms with van der Waals surface area (Å²) in [5.41, 5.74) is 1.20. The van der Waals surface area contributed by atoms with E-state index in [9.17, 15) is 14.4 Å². The lowest BCUT2D eigenvalue weighted by atomic mass is 10.1. The van der Waals surface area contributed by atoms with Crippen LogP contribution in [0.1, 0.15) is 30.6 Å². The SMILES string of the molecule is CCN(CCC(=O)N1CCNCC1)C(=O)c1ccc(NC(C)=O)cc1. The van der Waals surface area contributed by atoms with Crippen molar-refractivity contribution in [1.82, 2.24) is 15.1 Å². The second kappa shape index (κ2) is 9.17. The topological polar surface area (TPSA) is 81.8 Å². The van der Waals surface area contributed by atoms with Crippen LogP contribution in [0.4, 0.5) is 5.69 Å².